The second-order valence-electron chi connectivity index (χ2n) is 7.17. The lowest BCUT2D eigenvalue weighted by Crippen LogP contribution is -2.42. The monoisotopic (exact) mass is 461 g/mol. The van der Waals surface area contributed by atoms with Gasteiger partial charge in [0, 0.05) is 30.6 Å². The van der Waals surface area contributed by atoms with E-state index < -0.39 is 10.0 Å². The van der Waals surface area contributed by atoms with Crippen LogP contribution >= 0.6 is 0 Å². The molecule has 32 heavy (non-hydrogen) atoms. The van der Waals surface area contributed by atoms with E-state index in [1.807, 2.05) is 18.2 Å². The van der Waals surface area contributed by atoms with Crippen molar-refractivity contribution in [1.82, 2.24) is 9.73 Å². The number of sulfonamides is 1. The molecule has 1 N–H and O–H groups in total. The first-order chi connectivity index (χ1) is 15.4. The van der Waals surface area contributed by atoms with E-state index in [1.54, 1.807) is 19.2 Å². The molecule has 0 atom stereocenters. The van der Waals surface area contributed by atoms with Crippen LogP contribution in [0.15, 0.2) is 52.5 Å². The second-order valence-corrected chi connectivity index (χ2v) is 9.11. The van der Waals surface area contributed by atoms with Gasteiger partial charge >= 0.3 is 0 Å². The maximum absolute atomic E-state index is 13.0. The summed E-state index contributed by atoms with van der Waals surface area (Å²) in [6, 6.07) is 11.8. The molecule has 1 heterocycles. The number of benzene rings is 2. The van der Waals surface area contributed by atoms with Crippen molar-refractivity contribution in [3.05, 3.63) is 48.0 Å². The SMILES string of the molecule is COc1ccccc1/C=N\NC(=O)C1CCN(S(=O)(=O)c2ccc(OC)c(OC)c2)CC1. The molecule has 0 aliphatic carbocycles. The lowest BCUT2D eigenvalue weighted by Gasteiger charge is -2.30. The molecule has 1 fully saturated rings. The molecule has 1 aliphatic rings. The Morgan fingerprint density at radius 2 is 1.66 bits per heavy atom. The van der Waals surface area contributed by atoms with Crippen molar-refractivity contribution in [3.8, 4) is 17.2 Å². The fourth-order valence-corrected chi connectivity index (χ4v) is 5.00. The number of carbonyl (C=O) groups excluding carboxylic acids is 1. The van der Waals surface area contributed by atoms with Crippen molar-refractivity contribution in [3.63, 3.8) is 0 Å². The number of hydrogen-bond donors (Lipinski definition) is 1. The summed E-state index contributed by atoms with van der Waals surface area (Å²) in [4.78, 5) is 12.6. The number of hydrazone groups is 1. The fourth-order valence-electron chi connectivity index (χ4n) is 3.51. The zero-order valence-electron chi connectivity index (χ0n) is 18.3. The summed E-state index contributed by atoms with van der Waals surface area (Å²) < 4.78 is 43.0. The van der Waals surface area contributed by atoms with Gasteiger partial charge in [-0.15, -0.1) is 0 Å². The molecule has 0 saturated carbocycles. The number of carbonyl (C=O) groups is 1. The summed E-state index contributed by atoms with van der Waals surface area (Å²) >= 11 is 0. The normalized spacial score (nSPS) is 15.5. The Balaban J connectivity index is 1.59. The number of amides is 1. The first-order valence-corrected chi connectivity index (χ1v) is 11.5. The predicted molar refractivity (Wildman–Crippen MR) is 120 cm³/mol. The molecular weight excluding hydrogens is 434 g/mol. The fraction of sp³-hybridized carbons (Fsp3) is 0.364. The highest BCUT2D eigenvalue weighted by Gasteiger charge is 2.32. The first kappa shape index (κ1) is 23.6. The molecule has 2 aromatic rings. The van der Waals surface area contributed by atoms with Crippen LogP contribution in [-0.4, -0.2) is 59.3 Å². The summed E-state index contributed by atoms with van der Waals surface area (Å²) in [5.74, 6) is 0.895. The molecule has 0 radical (unpaired) electrons. The van der Waals surface area contributed by atoms with E-state index in [-0.39, 0.29) is 29.8 Å². The van der Waals surface area contributed by atoms with E-state index in [1.165, 1.54) is 36.9 Å². The molecule has 0 unspecified atom stereocenters. The van der Waals surface area contributed by atoms with Crippen LogP contribution in [0.2, 0.25) is 0 Å². The van der Waals surface area contributed by atoms with E-state index in [9.17, 15) is 13.2 Å². The Labute approximate surface area is 188 Å². The summed E-state index contributed by atoms with van der Waals surface area (Å²) in [6.07, 6.45) is 2.33. The maximum atomic E-state index is 13.0. The van der Waals surface area contributed by atoms with Crippen molar-refractivity contribution < 1.29 is 27.4 Å². The third kappa shape index (κ3) is 5.20. The van der Waals surface area contributed by atoms with Crippen molar-refractivity contribution in [2.24, 2.45) is 11.0 Å². The molecule has 1 saturated heterocycles. The predicted octanol–water partition coefficient (Wildman–Crippen LogP) is 2.26. The minimum absolute atomic E-state index is 0.124. The van der Waals surface area contributed by atoms with Gasteiger partial charge in [0.15, 0.2) is 11.5 Å². The number of rotatable bonds is 8. The molecule has 1 amide bonds. The van der Waals surface area contributed by atoms with Crippen molar-refractivity contribution in [1.29, 1.82) is 0 Å². The Morgan fingerprint density at radius 1 is 1.00 bits per heavy atom. The standard InChI is InChI=1S/C22H27N3O6S/c1-29-19-7-5-4-6-17(19)15-23-24-22(26)16-10-12-25(13-11-16)32(27,28)18-8-9-20(30-2)21(14-18)31-3/h4-9,14-16H,10-13H2,1-3H3,(H,24,26)/b23-15-. The van der Waals surface area contributed by atoms with Crippen LogP contribution in [0.4, 0.5) is 0 Å². The Bertz CT molecular complexity index is 1080. The van der Waals surface area contributed by atoms with Crippen LogP contribution in [0, 0.1) is 5.92 Å². The smallest absolute Gasteiger partial charge is 0.243 e. The van der Waals surface area contributed by atoms with E-state index in [4.69, 9.17) is 14.2 Å². The van der Waals surface area contributed by atoms with Crippen LogP contribution in [0.3, 0.4) is 0 Å². The molecule has 2 aromatic carbocycles. The molecule has 0 bridgehead atoms. The quantitative estimate of drug-likeness (QED) is 0.477. The van der Waals surface area contributed by atoms with Gasteiger partial charge in [0.05, 0.1) is 32.4 Å². The molecule has 0 spiro atoms. The second kappa shape index (κ2) is 10.5. The Kier molecular flexibility index (Phi) is 7.70. The lowest BCUT2D eigenvalue weighted by molar-refractivity contribution is -0.126. The first-order valence-electron chi connectivity index (χ1n) is 10.1. The average molecular weight is 462 g/mol. The molecular formula is C22H27N3O6S. The number of nitrogens with one attached hydrogen (secondary N) is 1. The van der Waals surface area contributed by atoms with Crippen LogP contribution < -0.4 is 19.6 Å². The summed E-state index contributed by atoms with van der Waals surface area (Å²) in [7, 11) is 0.799. The Morgan fingerprint density at radius 3 is 2.31 bits per heavy atom. The Hall–Kier alpha value is -3.11. The molecule has 1 aliphatic heterocycles. The zero-order valence-corrected chi connectivity index (χ0v) is 19.1. The van der Waals surface area contributed by atoms with Gasteiger partial charge in [0.2, 0.25) is 15.9 Å². The van der Waals surface area contributed by atoms with Crippen molar-refractivity contribution in [2.45, 2.75) is 17.7 Å². The molecule has 172 valence electrons. The van der Waals surface area contributed by atoms with E-state index in [2.05, 4.69) is 10.5 Å². The van der Waals surface area contributed by atoms with E-state index in [0.29, 0.717) is 30.1 Å². The summed E-state index contributed by atoms with van der Waals surface area (Å²) in [5.41, 5.74) is 3.28. The third-order valence-corrected chi connectivity index (χ3v) is 7.23. The number of nitrogens with zero attached hydrogens (tertiary/aromatic N) is 2. The van der Waals surface area contributed by atoms with Crippen LogP contribution in [0.5, 0.6) is 17.2 Å². The average Bonchev–Trinajstić information content (AvgIpc) is 2.83. The highest BCUT2D eigenvalue weighted by atomic mass is 32.2. The highest BCUT2D eigenvalue weighted by molar-refractivity contribution is 7.89. The summed E-state index contributed by atoms with van der Waals surface area (Å²) in [6.45, 7) is 0.482. The molecule has 3 rings (SSSR count). The van der Waals surface area contributed by atoms with Gasteiger partial charge in [0.25, 0.3) is 0 Å². The van der Waals surface area contributed by atoms with Crippen molar-refractivity contribution >= 4 is 22.1 Å². The van der Waals surface area contributed by atoms with Gasteiger partial charge in [-0.3, -0.25) is 4.79 Å². The largest absolute Gasteiger partial charge is 0.496 e. The van der Waals surface area contributed by atoms with Crippen LogP contribution in [0.1, 0.15) is 18.4 Å². The van der Waals surface area contributed by atoms with Gasteiger partial charge in [-0.2, -0.15) is 9.41 Å². The maximum Gasteiger partial charge on any atom is 0.243 e. The number of methoxy groups -OCH3 is 3. The third-order valence-electron chi connectivity index (χ3n) is 5.33. The van der Waals surface area contributed by atoms with Crippen LogP contribution in [-0.2, 0) is 14.8 Å². The minimum atomic E-state index is -3.71. The number of ether oxygens (including phenoxy) is 3. The van der Waals surface area contributed by atoms with Gasteiger partial charge in [-0.1, -0.05) is 12.1 Å². The minimum Gasteiger partial charge on any atom is -0.496 e. The van der Waals surface area contributed by atoms with E-state index >= 15 is 0 Å². The lowest BCUT2D eigenvalue weighted by atomic mass is 9.98. The number of para-hydroxylation sites is 1. The number of piperidine rings is 1. The molecule has 9 nitrogen and oxygen atoms in total. The van der Waals surface area contributed by atoms with Gasteiger partial charge in [-0.25, -0.2) is 13.8 Å². The van der Waals surface area contributed by atoms with Gasteiger partial charge in [0.1, 0.15) is 5.75 Å². The zero-order chi connectivity index (χ0) is 23.1. The number of hydrogen-bond acceptors (Lipinski definition) is 7. The van der Waals surface area contributed by atoms with E-state index in [0.717, 1.165) is 5.56 Å². The molecule has 0 aromatic heterocycles. The van der Waals surface area contributed by atoms with Gasteiger partial charge in [-0.05, 0) is 37.1 Å². The van der Waals surface area contributed by atoms with Gasteiger partial charge < -0.3 is 14.2 Å². The topological polar surface area (TPSA) is 107 Å². The summed E-state index contributed by atoms with van der Waals surface area (Å²) in [5, 5.41) is 4.01. The van der Waals surface area contributed by atoms with Crippen molar-refractivity contribution in [2.75, 3.05) is 34.4 Å². The van der Waals surface area contributed by atoms with Crippen LogP contribution in [0.25, 0.3) is 0 Å². The highest BCUT2D eigenvalue weighted by Crippen LogP contribution is 2.32. The molecule has 10 heteroatoms.